The van der Waals surface area contributed by atoms with Crippen molar-refractivity contribution in [3.8, 4) is 0 Å². The molecule has 0 N–H and O–H groups in total. The van der Waals surface area contributed by atoms with Gasteiger partial charge in [-0.05, 0) is 49.5 Å². The number of halogens is 2. The first-order valence-corrected chi connectivity index (χ1v) is 7.73. The maximum absolute atomic E-state index is 12.8. The summed E-state index contributed by atoms with van der Waals surface area (Å²) >= 11 is 0. The fraction of sp³-hybridized carbons (Fsp3) is 0.444. The molecule has 2 rings (SSSR count). The molecule has 0 amide bonds. The molecule has 0 radical (unpaired) electrons. The van der Waals surface area contributed by atoms with Crippen LogP contribution in [0.4, 0.5) is 8.78 Å². The average Bonchev–Trinajstić information content (AvgIpc) is 3.32. The highest BCUT2D eigenvalue weighted by atomic mass is 19.3. The van der Waals surface area contributed by atoms with Crippen LogP contribution in [0.2, 0.25) is 0 Å². The van der Waals surface area contributed by atoms with E-state index in [4.69, 9.17) is 4.74 Å². The Kier molecular flexibility index (Phi) is 5.58. The number of ether oxygens (including phenoxy) is 1. The molecule has 120 valence electrons. The predicted octanol–water partition coefficient (Wildman–Crippen LogP) is 5.29. The molecule has 0 aromatic rings. The van der Waals surface area contributed by atoms with Gasteiger partial charge in [-0.25, -0.2) is 8.78 Å². The fourth-order valence-corrected chi connectivity index (χ4v) is 2.27. The van der Waals surface area contributed by atoms with Crippen molar-refractivity contribution in [2.45, 2.75) is 46.0 Å². The molecule has 4 heteroatoms. The summed E-state index contributed by atoms with van der Waals surface area (Å²) in [5.41, 5.74) is 3.21. The van der Waals surface area contributed by atoms with E-state index in [9.17, 15) is 8.78 Å². The number of allylic oxidation sites excluding steroid dienone is 5. The lowest BCUT2D eigenvalue weighted by Gasteiger charge is -2.23. The summed E-state index contributed by atoms with van der Waals surface area (Å²) in [7, 11) is 0. The quantitative estimate of drug-likeness (QED) is 0.593. The van der Waals surface area contributed by atoms with E-state index in [2.05, 4.69) is 13.5 Å². The molecule has 0 aromatic carbocycles. The van der Waals surface area contributed by atoms with E-state index in [0.717, 1.165) is 37.0 Å². The van der Waals surface area contributed by atoms with Crippen LogP contribution in [0.3, 0.4) is 0 Å². The third-order valence-electron chi connectivity index (χ3n) is 3.72. The maximum Gasteiger partial charge on any atom is 0.265 e. The zero-order valence-electron chi connectivity index (χ0n) is 13.2. The van der Waals surface area contributed by atoms with Crippen LogP contribution in [0.1, 0.15) is 39.5 Å². The maximum atomic E-state index is 12.8. The van der Waals surface area contributed by atoms with Gasteiger partial charge in [-0.15, -0.1) is 0 Å². The third-order valence-corrected chi connectivity index (χ3v) is 3.72. The normalized spacial score (nSPS) is 18.0. The van der Waals surface area contributed by atoms with Crippen molar-refractivity contribution in [3.05, 3.63) is 59.3 Å². The van der Waals surface area contributed by atoms with Crippen molar-refractivity contribution in [3.63, 3.8) is 0 Å². The van der Waals surface area contributed by atoms with E-state index in [-0.39, 0.29) is 5.57 Å². The van der Waals surface area contributed by atoms with Gasteiger partial charge in [0.05, 0.1) is 12.4 Å². The fourth-order valence-electron chi connectivity index (χ4n) is 2.27. The summed E-state index contributed by atoms with van der Waals surface area (Å²) in [5.74, 6) is 1.05. The Morgan fingerprint density at radius 3 is 2.64 bits per heavy atom. The van der Waals surface area contributed by atoms with Crippen LogP contribution in [0.15, 0.2) is 59.3 Å². The number of hydrogen-bond donors (Lipinski definition) is 0. The molecule has 2 nitrogen and oxygen atoms in total. The molecular weight excluding hydrogens is 284 g/mol. The van der Waals surface area contributed by atoms with Crippen LogP contribution in [-0.2, 0) is 4.74 Å². The van der Waals surface area contributed by atoms with Gasteiger partial charge in [0.1, 0.15) is 0 Å². The Balaban J connectivity index is 2.15. The van der Waals surface area contributed by atoms with Crippen molar-refractivity contribution in [1.82, 2.24) is 4.90 Å². The van der Waals surface area contributed by atoms with Gasteiger partial charge in [-0.1, -0.05) is 13.5 Å². The highest BCUT2D eigenvalue weighted by Crippen LogP contribution is 2.35. The Bertz CT molecular complexity index is 549. The molecule has 1 saturated carbocycles. The molecule has 0 bridgehead atoms. The number of hydrogen-bond acceptors (Lipinski definition) is 2. The average molecular weight is 307 g/mol. The topological polar surface area (TPSA) is 12.5 Å². The van der Waals surface area contributed by atoms with E-state index < -0.39 is 6.43 Å². The van der Waals surface area contributed by atoms with Crippen LogP contribution < -0.4 is 0 Å². The van der Waals surface area contributed by atoms with Crippen molar-refractivity contribution < 1.29 is 13.5 Å². The van der Waals surface area contributed by atoms with Crippen molar-refractivity contribution >= 4 is 0 Å². The summed E-state index contributed by atoms with van der Waals surface area (Å²) in [5, 5.41) is 0. The Hall–Kier alpha value is -1.84. The molecule has 0 spiro atoms. The summed E-state index contributed by atoms with van der Waals surface area (Å²) in [6, 6.07) is 0. The largest absolute Gasteiger partial charge is 0.498 e. The molecule has 1 aliphatic heterocycles. The SMILES string of the molecule is C=C1C=CC(C(F)F)=CN1/C=C(\CC)CC(OCC)=C1CC1. The summed E-state index contributed by atoms with van der Waals surface area (Å²) < 4.78 is 31.4. The van der Waals surface area contributed by atoms with Gasteiger partial charge in [0.25, 0.3) is 6.43 Å². The lowest BCUT2D eigenvalue weighted by Crippen LogP contribution is -2.14. The summed E-state index contributed by atoms with van der Waals surface area (Å²) in [6.07, 6.45) is 7.72. The summed E-state index contributed by atoms with van der Waals surface area (Å²) in [6.45, 7) is 8.60. The van der Waals surface area contributed by atoms with Gasteiger partial charge in [-0.2, -0.15) is 0 Å². The second-order valence-corrected chi connectivity index (χ2v) is 5.44. The van der Waals surface area contributed by atoms with Crippen molar-refractivity contribution in [1.29, 1.82) is 0 Å². The first-order valence-electron chi connectivity index (χ1n) is 7.73. The molecule has 0 saturated heterocycles. The van der Waals surface area contributed by atoms with Crippen LogP contribution in [0, 0.1) is 0 Å². The molecule has 2 aliphatic rings. The molecule has 0 unspecified atom stereocenters. The van der Waals surface area contributed by atoms with Crippen LogP contribution >= 0.6 is 0 Å². The molecule has 1 fully saturated rings. The number of rotatable bonds is 7. The van der Waals surface area contributed by atoms with Crippen molar-refractivity contribution in [2.24, 2.45) is 0 Å². The lowest BCUT2D eigenvalue weighted by atomic mass is 10.1. The number of nitrogens with zero attached hydrogens (tertiary/aromatic N) is 1. The second-order valence-electron chi connectivity index (χ2n) is 5.44. The van der Waals surface area contributed by atoms with E-state index >= 15 is 0 Å². The van der Waals surface area contributed by atoms with Gasteiger partial charge in [-0.3, -0.25) is 0 Å². The highest BCUT2D eigenvalue weighted by molar-refractivity contribution is 5.36. The minimum Gasteiger partial charge on any atom is -0.498 e. The Labute approximate surface area is 131 Å². The van der Waals surface area contributed by atoms with E-state index in [0.29, 0.717) is 12.3 Å². The van der Waals surface area contributed by atoms with Gasteiger partial charge in [0, 0.05) is 30.1 Å². The van der Waals surface area contributed by atoms with Gasteiger partial charge < -0.3 is 9.64 Å². The van der Waals surface area contributed by atoms with Crippen LogP contribution in [0.5, 0.6) is 0 Å². The molecular formula is C18H23F2NO. The highest BCUT2D eigenvalue weighted by Gasteiger charge is 2.20. The standard InChI is InChI=1S/C18H23F2NO/c1-4-14(10-17(22-5-2)15-8-9-15)11-21-12-16(18(19)20)7-6-13(21)3/h6-7,11-12,18H,3-5,8-10H2,1-2H3/b14-11+. The first kappa shape index (κ1) is 16.5. The molecule has 0 atom stereocenters. The van der Waals surface area contributed by atoms with Gasteiger partial charge >= 0.3 is 0 Å². The van der Waals surface area contributed by atoms with Crippen molar-refractivity contribution in [2.75, 3.05) is 6.61 Å². The van der Waals surface area contributed by atoms with Crippen LogP contribution in [-0.4, -0.2) is 17.9 Å². The smallest absolute Gasteiger partial charge is 0.265 e. The third kappa shape index (κ3) is 4.33. The lowest BCUT2D eigenvalue weighted by molar-refractivity contribution is 0.191. The monoisotopic (exact) mass is 307 g/mol. The molecule has 1 aliphatic carbocycles. The molecule has 1 heterocycles. The van der Waals surface area contributed by atoms with E-state index in [1.54, 1.807) is 11.0 Å². The number of alkyl halides is 2. The first-order chi connectivity index (χ1) is 10.5. The molecule has 0 aromatic heterocycles. The Morgan fingerprint density at radius 1 is 1.36 bits per heavy atom. The van der Waals surface area contributed by atoms with E-state index in [1.165, 1.54) is 17.8 Å². The van der Waals surface area contributed by atoms with E-state index in [1.807, 2.05) is 13.1 Å². The minimum atomic E-state index is -2.47. The summed E-state index contributed by atoms with van der Waals surface area (Å²) in [4.78, 5) is 1.68. The zero-order valence-corrected chi connectivity index (χ0v) is 13.2. The second kappa shape index (κ2) is 7.43. The predicted molar refractivity (Wildman–Crippen MR) is 85.1 cm³/mol. The Morgan fingerprint density at radius 2 is 2.09 bits per heavy atom. The zero-order chi connectivity index (χ0) is 16.1. The molecule has 22 heavy (non-hydrogen) atoms. The van der Waals surface area contributed by atoms with Gasteiger partial charge in [0.15, 0.2) is 0 Å². The minimum absolute atomic E-state index is 0.00434. The van der Waals surface area contributed by atoms with Crippen LogP contribution in [0.25, 0.3) is 0 Å². The van der Waals surface area contributed by atoms with Gasteiger partial charge in [0.2, 0.25) is 0 Å².